The Kier molecular flexibility index (Phi) is 4.32. The van der Waals surface area contributed by atoms with Crippen LogP contribution < -0.4 is 20.9 Å². The summed E-state index contributed by atoms with van der Waals surface area (Å²) in [6.07, 6.45) is 2.81. The Hall–Kier alpha value is -3.68. The normalized spacial score (nSPS) is 25.2. The van der Waals surface area contributed by atoms with Crippen LogP contribution in [0.2, 0.25) is 0 Å². The molecule has 3 aliphatic heterocycles. The van der Waals surface area contributed by atoms with E-state index in [9.17, 15) is 19.2 Å². The van der Waals surface area contributed by atoms with Crippen LogP contribution in [0.25, 0.3) is 0 Å². The molecule has 0 aromatic heterocycles. The van der Waals surface area contributed by atoms with Crippen molar-refractivity contribution in [2.75, 3.05) is 16.3 Å². The van der Waals surface area contributed by atoms with Crippen LogP contribution in [0.3, 0.4) is 0 Å². The van der Waals surface area contributed by atoms with Gasteiger partial charge in [0.2, 0.25) is 11.8 Å². The molecular formula is C23H22N4O4. The average Bonchev–Trinajstić information content (AvgIpc) is 2.78. The number of piperidine rings is 1. The number of hydrogen-bond acceptors (Lipinski definition) is 5. The molecule has 3 aliphatic rings. The second-order valence-electron chi connectivity index (χ2n) is 8.29. The van der Waals surface area contributed by atoms with Crippen molar-refractivity contribution >= 4 is 35.1 Å². The van der Waals surface area contributed by atoms with Crippen LogP contribution in [-0.4, -0.2) is 36.3 Å². The Bertz CT molecular complexity index is 1110. The molecular weight excluding hydrogens is 396 g/mol. The van der Waals surface area contributed by atoms with E-state index in [2.05, 4.69) is 10.2 Å². The summed E-state index contributed by atoms with van der Waals surface area (Å²) in [6, 6.07) is 12.6. The van der Waals surface area contributed by atoms with E-state index in [0.29, 0.717) is 12.1 Å². The Morgan fingerprint density at radius 1 is 1.03 bits per heavy atom. The highest BCUT2D eigenvalue weighted by Crippen LogP contribution is 2.47. The van der Waals surface area contributed by atoms with Crippen molar-refractivity contribution < 1.29 is 19.2 Å². The number of barbiturate groups is 1. The molecule has 0 bridgehead atoms. The first-order valence-electron chi connectivity index (χ1n) is 10.4. The third-order valence-corrected chi connectivity index (χ3v) is 6.67. The summed E-state index contributed by atoms with van der Waals surface area (Å²) in [6.45, 7) is 0.755. The van der Waals surface area contributed by atoms with Gasteiger partial charge in [-0.3, -0.25) is 19.7 Å². The third kappa shape index (κ3) is 2.74. The number of carbonyl (C=O) groups excluding carboxylic acids is 4. The molecule has 5 amide bonds. The van der Waals surface area contributed by atoms with Crippen LogP contribution in [0.5, 0.6) is 0 Å². The van der Waals surface area contributed by atoms with Crippen molar-refractivity contribution in [3.05, 3.63) is 59.7 Å². The monoisotopic (exact) mass is 418 g/mol. The standard InChI is InChI=1S/C23H22N4O4/c24-19(28)14-8-10-16(11-9-14)27-21(30)23(20(29)25-22(27)31)13-15-5-1-2-6-17(15)26-12-4-3-7-18(23)26/h1-2,5-6,8-11,18H,3-4,7,12-13H2,(H2,24,28)(H,25,29,31)/t18-,23+/m0/s1. The Balaban J connectivity index is 1.62. The van der Waals surface area contributed by atoms with E-state index in [1.54, 1.807) is 0 Å². The maximum absolute atomic E-state index is 13.9. The highest BCUT2D eigenvalue weighted by Gasteiger charge is 2.62. The summed E-state index contributed by atoms with van der Waals surface area (Å²) in [5.74, 6) is -1.67. The number of rotatable bonds is 2. The van der Waals surface area contributed by atoms with Crippen LogP contribution in [0.15, 0.2) is 48.5 Å². The number of nitrogens with two attached hydrogens (primary N) is 1. The SMILES string of the molecule is NC(=O)c1ccc(N2C(=O)NC(=O)[C@]3(Cc4ccccc4N4CCCC[C@H]43)C2=O)cc1. The van der Waals surface area contributed by atoms with Gasteiger partial charge in [-0.2, -0.15) is 0 Å². The molecule has 31 heavy (non-hydrogen) atoms. The van der Waals surface area contributed by atoms with Crippen molar-refractivity contribution in [3.63, 3.8) is 0 Å². The minimum Gasteiger partial charge on any atom is -0.367 e. The van der Waals surface area contributed by atoms with Gasteiger partial charge in [0, 0.05) is 17.8 Å². The van der Waals surface area contributed by atoms with E-state index in [1.165, 1.54) is 24.3 Å². The Morgan fingerprint density at radius 3 is 2.52 bits per heavy atom. The molecule has 0 unspecified atom stereocenters. The van der Waals surface area contributed by atoms with Crippen LogP contribution in [-0.2, 0) is 16.0 Å². The molecule has 158 valence electrons. The molecule has 8 nitrogen and oxygen atoms in total. The molecule has 8 heteroatoms. The smallest absolute Gasteiger partial charge is 0.335 e. The molecule has 0 saturated carbocycles. The number of imide groups is 2. The minimum atomic E-state index is -1.40. The molecule has 2 aromatic rings. The number of nitrogens with one attached hydrogen (secondary N) is 1. The second-order valence-corrected chi connectivity index (χ2v) is 8.29. The zero-order valence-electron chi connectivity index (χ0n) is 16.8. The lowest BCUT2D eigenvalue weighted by Gasteiger charge is -2.53. The largest absolute Gasteiger partial charge is 0.367 e. The second kappa shape index (κ2) is 6.94. The summed E-state index contributed by atoms with van der Waals surface area (Å²) in [7, 11) is 0. The van der Waals surface area contributed by atoms with E-state index < -0.39 is 29.2 Å². The van der Waals surface area contributed by atoms with E-state index in [4.69, 9.17) is 5.73 Å². The van der Waals surface area contributed by atoms with E-state index in [1.807, 2.05) is 24.3 Å². The quantitative estimate of drug-likeness (QED) is 0.724. The molecule has 2 saturated heterocycles. The lowest BCUT2D eigenvalue weighted by Crippen LogP contribution is -2.72. The van der Waals surface area contributed by atoms with Gasteiger partial charge in [-0.1, -0.05) is 18.2 Å². The first-order chi connectivity index (χ1) is 14.9. The summed E-state index contributed by atoms with van der Waals surface area (Å²) < 4.78 is 0. The predicted octanol–water partition coefficient (Wildman–Crippen LogP) is 1.97. The molecule has 0 aliphatic carbocycles. The topological polar surface area (TPSA) is 113 Å². The number of nitrogens with zero attached hydrogens (tertiary/aromatic N) is 2. The summed E-state index contributed by atoms with van der Waals surface area (Å²) in [5.41, 5.74) is 6.43. The molecule has 0 radical (unpaired) electrons. The highest BCUT2D eigenvalue weighted by molar-refractivity contribution is 6.30. The van der Waals surface area contributed by atoms with E-state index in [-0.39, 0.29) is 18.0 Å². The van der Waals surface area contributed by atoms with Crippen molar-refractivity contribution in [2.24, 2.45) is 11.1 Å². The third-order valence-electron chi connectivity index (χ3n) is 6.67. The molecule has 2 aromatic carbocycles. The van der Waals surface area contributed by atoms with Crippen LogP contribution in [0.4, 0.5) is 16.2 Å². The Labute approximate surface area is 179 Å². The van der Waals surface area contributed by atoms with Gasteiger partial charge >= 0.3 is 6.03 Å². The van der Waals surface area contributed by atoms with Crippen LogP contribution >= 0.6 is 0 Å². The average molecular weight is 418 g/mol. The van der Waals surface area contributed by atoms with Gasteiger partial charge in [-0.15, -0.1) is 0 Å². The van der Waals surface area contributed by atoms with Crippen molar-refractivity contribution in [1.29, 1.82) is 0 Å². The molecule has 2 atom stereocenters. The number of amides is 5. The fraction of sp³-hybridized carbons (Fsp3) is 0.304. The van der Waals surface area contributed by atoms with Gasteiger partial charge in [-0.25, -0.2) is 9.69 Å². The molecule has 5 rings (SSSR count). The maximum Gasteiger partial charge on any atom is 0.335 e. The number of benzene rings is 2. The van der Waals surface area contributed by atoms with E-state index in [0.717, 1.165) is 35.5 Å². The number of fused-ring (bicyclic) bond motifs is 4. The zero-order chi connectivity index (χ0) is 21.8. The van der Waals surface area contributed by atoms with Crippen LogP contribution in [0, 0.1) is 5.41 Å². The lowest BCUT2D eigenvalue weighted by atomic mass is 9.66. The van der Waals surface area contributed by atoms with Gasteiger partial charge in [0.25, 0.3) is 5.91 Å². The number of anilines is 2. The van der Waals surface area contributed by atoms with Gasteiger partial charge in [-0.05, 0) is 61.6 Å². The fourth-order valence-corrected chi connectivity index (χ4v) is 5.20. The Morgan fingerprint density at radius 2 is 1.77 bits per heavy atom. The zero-order valence-corrected chi connectivity index (χ0v) is 16.8. The summed E-state index contributed by atoms with van der Waals surface area (Å²) in [5, 5.41) is 2.43. The van der Waals surface area contributed by atoms with Gasteiger partial charge in [0.1, 0.15) is 0 Å². The summed E-state index contributed by atoms with van der Waals surface area (Å²) in [4.78, 5) is 54.5. The minimum absolute atomic E-state index is 0.234. The molecule has 2 fully saturated rings. The van der Waals surface area contributed by atoms with Crippen molar-refractivity contribution in [3.8, 4) is 0 Å². The molecule has 3 heterocycles. The number of hydrogen-bond donors (Lipinski definition) is 2. The highest BCUT2D eigenvalue weighted by atomic mass is 16.2. The number of carbonyl (C=O) groups is 4. The van der Waals surface area contributed by atoms with Crippen molar-refractivity contribution in [2.45, 2.75) is 31.7 Å². The number of urea groups is 1. The van der Waals surface area contributed by atoms with Crippen LogP contribution in [0.1, 0.15) is 35.2 Å². The van der Waals surface area contributed by atoms with Crippen molar-refractivity contribution in [1.82, 2.24) is 5.32 Å². The summed E-state index contributed by atoms with van der Waals surface area (Å²) >= 11 is 0. The fourth-order valence-electron chi connectivity index (χ4n) is 5.20. The molecule has 3 N–H and O–H groups in total. The molecule has 1 spiro atoms. The first kappa shape index (κ1) is 19.3. The van der Waals surface area contributed by atoms with E-state index >= 15 is 0 Å². The number of primary amides is 1. The maximum atomic E-state index is 13.9. The van der Waals surface area contributed by atoms with Gasteiger partial charge in [0.05, 0.1) is 11.7 Å². The first-order valence-corrected chi connectivity index (χ1v) is 10.4. The predicted molar refractivity (Wildman–Crippen MR) is 114 cm³/mol. The number of para-hydroxylation sites is 1. The lowest BCUT2D eigenvalue weighted by molar-refractivity contribution is -0.145. The van der Waals surface area contributed by atoms with Gasteiger partial charge in [0.15, 0.2) is 5.41 Å². The van der Waals surface area contributed by atoms with Gasteiger partial charge < -0.3 is 10.6 Å².